The van der Waals surface area contributed by atoms with Crippen LogP contribution in [-0.2, 0) is 4.79 Å². The van der Waals surface area contributed by atoms with E-state index in [1.165, 1.54) is 12.8 Å². The van der Waals surface area contributed by atoms with Gasteiger partial charge >= 0.3 is 0 Å². The Hall–Kier alpha value is -2.14. The molecule has 3 aliphatic rings. The van der Waals surface area contributed by atoms with Crippen molar-refractivity contribution in [3.63, 3.8) is 0 Å². The van der Waals surface area contributed by atoms with Crippen LogP contribution in [0, 0.1) is 5.92 Å². The summed E-state index contributed by atoms with van der Waals surface area (Å²) in [4.78, 5) is 30.7. The van der Waals surface area contributed by atoms with Crippen LogP contribution in [0.4, 0.5) is 0 Å². The molecule has 1 N–H and O–H groups in total. The summed E-state index contributed by atoms with van der Waals surface area (Å²) in [5.74, 6) is 0.572. The molecule has 1 aromatic heterocycles. The number of nitrogens with zero attached hydrogens (tertiary/aromatic N) is 1. The van der Waals surface area contributed by atoms with Crippen molar-refractivity contribution in [1.82, 2.24) is 10.2 Å². The molecule has 2 heterocycles. The van der Waals surface area contributed by atoms with Gasteiger partial charge < -0.3 is 10.2 Å². The van der Waals surface area contributed by atoms with E-state index in [4.69, 9.17) is 0 Å². The summed E-state index contributed by atoms with van der Waals surface area (Å²) in [6.07, 6.45) is 8.83. The highest BCUT2D eigenvalue weighted by Gasteiger charge is 2.47. The Labute approximate surface area is 189 Å². The van der Waals surface area contributed by atoms with Crippen LogP contribution in [-0.4, -0.2) is 28.8 Å². The number of amides is 2. The van der Waals surface area contributed by atoms with Crippen molar-refractivity contribution in [2.24, 2.45) is 5.92 Å². The highest BCUT2D eigenvalue weighted by Crippen LogP contribution is 2.47. The highest BCUT2D eigenvalue weighted by atomic mass is 32.1. The zero-order valence-corrected chi connectivity index (χ0v) is 19.1. The van der Waals surface area contributed by atoms with Crippen molar-refractivity contribution in [1.29, 1.82) is 0 Å². The summed E-state index contributed by atoms with van der Waals surface area (Å²) >= 11 is 1.66. The topological polar surface area (TPSA) is 49.4 Å². The Morgan fingerprint density at radius 3 is 2.45 bits per heavy atom. The van der Waals surface area contributed by atoms with Gasteiger partial charge in [0.2, 0.25) is 5.91 Å². The van der Waals surface area contributed by atoms with Gasteiger partial charge in [0, 0.05) is 22.5 Å². The molecule has 164 valence electrons. The van der Waals surface area contributed by atoms with Gasteiger partial charge in [0.05, 0.1) is 12.0 Å². The SMILES string of the molecule is CC1CCC(NC(=O)C2c3ccccc3C(=O)N(C3CCCC3)C2c2cccs2)CC1. The van der Waals surface area contributed by atoms with Gasteiger partial charge in [-0.05, 0) is 67.5 Å². The van der Waals surface area contributed by atoms with Gasteiger partial charge in [-0.2, -0.15) is 0 Å². The lowest BCUT2D eigenvalue weighted by Gasteiger charge is -2.44. The van der Waals surface area contributed by atoms with E-state index in [1.54, 1.807) is 11.3 Å². The predicted octanol–water partition coefficient (Wildman–Crippen LogP) is 5.67. The van der Waals surface area contributed by atoms with Crippen molar-refractivity contribution in [2.45, 2.75) is 82.3 Å². The summed E-state index contributed by atoms with van der Waals surface area (Å²) in [5, 5.41) is 5.46. The second kappa shape index (κ2) is 8.78. The van der Waals surface area contributed by atoms with Crippen LogP contribution in [0.1, 0.15) is 91.0 Å². The first kappa shape index (κ1) is 20.7. The molecule has 2 aliphatic carbocycles. The van der Waals surface area contributed by atoms with E-state index in [2.05, 4.69) is 28.6 Å². The Kier molecular flexibility index (Phi) is 5.87. The zero-order valence-electron chi connectivity index (χ0n) is 18.3. The van der Waals surface area contributed by atoms with Crippen molar-refractivity contribution in [3.8, 4) is 0 Å². The van der Waals surface area contributed by atoms with E-state index < -0.39 is 0 Å². The Bertz CT molecular complexity index is 927. The molecule has 1 aromatic carbocycles. The molecule has 0 bridgehead atoms. The van der Waals surface area contributed by atoms with E-state index in [0.717, 1.165) is 54.9 Å². The molecular formula is C26H32N2O2S. The van der Waals surface area contributed by atoms with Crippen LogP contribution in [0.3, 0.4) is 0 Å². The number of fused-ring (bicyclic) bond motifs is 1. The first-order valence-corrected chi connectivity index (χ1v) is 12.8. The van der Waals surface area contributed by atoms with Crippen LogP contribution in [0.2, 0.25) is 0 Å². The molecule has 5 rings (SSSR count). The van der Waals surface area contributed by atoms with Crippen molar-refractivity contribution in [2.75, 3.05) is 0 Å². The summed E-state index contributed by atoms with van der Waals surface area (Å²) in [7, 11) is 0. The molecule has 0 radical (unpaired) electrons. The Morgan fingerprint density at radius 2 is 1.74 bits per heavy atom. The normalized spacial score (nSPS) is 29.1. The minimum atomic E-state index is -0.354. The fourth-order valence-electron chi connectivity index (χ4n) is 5.88. The third-order valence-corrected chi connectivity index (χ3v) is 8.52. The minimum Gasteiger partial charge on any atom is -0.353 e. The van der Waals surface area contributed by atoms with Crippen molar-refractivity contribution in [3.05, 3.63) is 57.8 Å². The zero-order chi connectivity index (χ0) is 21.4. The van der Waals surface area contributed by atoms with Gasteiger partial charge in [-0.1, -0.05) is 44.0 Å². The maximum Gasteiger partial charge on any atom is 0.254 e. The van der Waals surface area contributed by atoms with Crippen LogP contribution < -0.4 is 5.32 Å². The molecule has 4 nitrogen and oxygen atoms in total. The fraction of sp³-hybridized carbons (Fsp3) is 0.538. The first-order chi connectivity index (χ1) is 15.1. The van der Waals surface area contributed by atoms with Gasteiger partial charge in [0.15, 0.2) is 0 Å². The number of thiophene rings is 1. The van der Waals surface area contributed by atoms with Crippen LogP contribution in [0.25, 0.3) is 0 Å². The van der Waals surface area contributed by atoms with Gasteiger partial charge in [-0.25, -0.2) is 0 Å². The second-order valence-electron chi connectivity index (χ2n) is 9.64. The summed E-state index contributed by atoms with van der Waals surface area (Å²) in [5.41, 5.74) is 1.60. The monoisotopic (exact) mass is 436 g/mol. The number of hydrogen-bond acceptors (Lipinski definition) is 3. The standard InChI is InChI=1S/C26H32N2O2S/c1-17-12-14-18(15-13-17)27-25(29)23-20-9-4-5-10-21(20)26(30)28(19-7-2-3-8-19)24(23)22-11-6-16-31-22/h4-6,9-11,16-19,23-24H,2-3,7-8,12-15H2,1H3,(H,27,29). The van der Waals surface area contributed by atoms with E-state index >= 15 is 0 Å². The maximum absolute atomic E-state index is 13.8. The number of nitrogens with one attached hydrogen (secondary N) is 1. The molecular weight excluding hydrogens is 404 g/mol. The van der Waals surface area contributed by atoms with Crippen LogP contribution in [0.5, 0.6) is 0 Å². The summed E-state index contributed by atoms with van der Waals surface area (Å²) < 4.78 is 0. The fourth-order valence-corrected chi connectivity index (χ4v) is 6.74. The average molecular weight is 437 g/mol. The van der Waals surface area contributed by atoms with Crippen LogP contribution in [0.15, 0.2) is 41.8 Å². The summed E-state index contributed by atoms with van der Waals surface area (Å²) in [6, 6.07) is 12.2. The minimum absolute atomic E-state index is 0.0842. The smallest absolute Gasteiger partial charge is 0.254 e. The van der Waals surface area contributed by atoms with Gasteiger partial charge in [-0.15, -0.1) is 11.3 Å². The largest absolute Gasteiger partial charge is 0.353 e. The molecule has 0 saturated heterocycles. The number of rotatable bonds is 4. The summed E-state index contributed by atoms with van der Waals surface area (Å²) in [6.45, 7) is 2.30. The molecule has 2 atom stereocenters. The average Bonchev–Trinajstić information content (AvgIpc) is 3.49. The lowest BCUT2D eigenvalue weighted by molar-refractivity contribution is -0.125. The molecule has 2 saturated carbocycles. The molecule has 2 amide bonds. The lowest BCUT2D eigenvalue weighted by Crippen LogP contribution is -2.52. The van der Waals surface area contributed by atoms with Gasteiger partial charge in [0.1, 0.15) is 0 Å². The van der Waals surface area contributed by atoms with E-state index in [-0.39, 0.29) is 35.9 Å². The Balaban J connectivity index is 1.54. The number of carbonyl (C=O) groups excluding carboxylic acids is 2. The number of hydrogen-bond donors (Lipinski definition) is 1. The molecule has 0 spiro atoms. The first-order valence-electron chi connectivity index (χ1n) is 11.9. The lowest BCUT2D eigenvalue weighted by atomic mass is 9.80. The van der Waals surface area contributed by atoms with Crippen molar-refractivity contribution >= 4 is 23.2 Å². The van der Waals surface area contributed by atoms with E-state index in [0.29, 0.717) is 5.56 Å². The number of benzene rings is 1. The molecule has 2 unspecified atom stereocenters. The third kappa shape index (κ3) is 3.93. The quantitative estimate of drug-likeness (QED) is 0.672. The van der Waals surface area contributed by atoms with E-state index in [9.17, 15) is 9.59 Å². The van der Waals surface area contributed by atoms with Crippen LogP contribution >= 0.6 is 11.3 Å². The van der Waals surface area contributed by atoms with Crippen molar-refractivity contribution < 1.29 is 9.59 Å². The molecule has 2 fully saturated rings. The predicted molar refractivity (Wildman–Crippen MR) is 124 cm³/mol. The highest BCUT2D eigenvalue weighted by molar-refractivity contribution is 7.10. The third-order valence-electron chi connectivity index (χ3n) is 7.57. The van der Waals surface area contributed by atoms with Gasteiger partial charge in [0.25, 0.3) is 5.91 Å². The Morgan fingerprint density at radius 1 is 1.00 bits per heavy atom. The molecule has 5 heteroatoms. The molecule has 31 heavy (non-hydrogen) atoms. The maximum atomic E-state index is 13.8. The molecule has 2 aromatic rings. The van der Waals surface area contributed by atoms with E-state index in [1.807, 2.05) is 30.3 Å². The van der Waals surface area contributed by atoms with Gasteiger partial charge in [-0.3, -0.25) is 9.59 Å². The second-order valence-corrected chi connectivity index (χ2v) is 10.6. The number of carbonyl (C=O) groups is 2. The molecule has 1 aliphatic heterocycles.